The zero-order valence-corrected chi connectivity index (χ0v) is 28.4. The van der Waals surface area contributed by atoms with Gasteiger partial charge >= 0.3 is 6.03 Å². The minimum atomic E-state index is -3.83. The van der Waals surface area contributed by atoms with Gasteiger partial charge in [0, 0.05) is 48.5 Å². The van der Waals surface area contributed by atoms with Crippen LogP contribution in [0.3, 0.4) is 0 Å². The Kier molecular flexibility index (Phi) is 8.72. The molecule has 3 aromatic rings. The summed E-state index contributed by atoms with van der Waals surface area (Å²) < 4.78 is 39.9. The van der Waals surface area contributed by atoms with Crippen molar-refractivity contribution < 1.29 is 32.3 Å². The number of benzene rings is 2. The van der Waals surface area contributed by atoms with E-state index in [0.717, 1.165) is 41.2 Å². The van der Waals surface area contributed by atoms with E-state index in [1.165, 1.54) is 4.90 Å². The van der Waals surface area contributed by atoms with Gasteiger partial charge in [0.1, 0.15) is 23.4 Å². The number of pyridine rings is 1. The minimum Gasteiger partial charge on any atom is -0.496 e. The van der Waals surface area contributed by atoms with Gasteiger partial charge in [-0.15, -0.1) is 0 Å². The molecule has 0 bridgehead atoms. The van der Waals surface area contributed by atoms with Gasteiger partial charge in [0.05, 0.1) is 18.9 Å². The molecule has 4 aliphatic rings. The summed E-state index contributed by atoms with van der Waals surface area (Å²) >= 11 is 0. The number of carbonyl (C=O) groups is 3. The van der Waals surface area contributed by atoms with E-state index in [4.69, 9.17) is 9.47 Å². The maximum absolute atomic E-state index is 14.1. The molecule has 0 spiro atoms. The lowest BCUT2D eigenvalue weighted by molar-refractivity contribution is -0.131. The molecule has 1 aromatic heterocycles. The van der Waals surface area contributed by atoms with Crippen LogP contribution in [0.1, 0.15) is 44.9 Å². The predicted molar refractivity (Wildman–Crippen MR) is 183 cm³/mol. The van der Waals surface area contributed by atoms with Crippen molar-refractivity contribution in [3.8, 4) is 22.8 Å². The van der Waals surface area contributed by atoms with Crippen LogP contribution in [0.25, 0.3) is 21.9 Å². The Morgan fingerprint density at radius 1 is 1.06 bits per heavy atom. The van der Waals surface area contributed by atoms with Crippen LogP contribution in [0.15, 0.2) is 66.9 Å². The third kappa shape index (κ3) is 6.43. The van der Waals surface area contributed by atoms with Crippen LogP contribution in [-0.2, 0) is 19.6 Å². The Hall–Kier alpha value is -4.65. The van der Waals surface area contributed by atoms with Gasteiger partial charge in [0.2, 0.25) is 21.8 Å². The normalized spacial score (nSPS) is 26.0. The Morgan fingerprint density at radius 2 is 1.86 bits per heavy atom. The Labute approximate surface area is 285 Å². The molecule has 13 heteroatoms. The summed E-state index contributed by atoms with van der Waals surface area (Å²) in [5.41, 5.74) is 0.454. The number of amides is 4. The quantitative estimate of drug-likeness (QED) is 0.355. The number of urea groups is 1. The summed E-state index contributed by atoms with van der Waals surface area (Å²) in [7, 11) is -0.484. The Bertz CT molecular complexity index is 1920. The fourth-order valence-corrected chi connectivity index (χ4v) is 8.39. The van der Waals surface area contributed by atoms with E-state index < -0.39 is 44.8 Å². The van der Waals surface area contributed by atoms with Crippen LogP contribution in [-0.4, -0.2) is 91.2 Å². The first kappa shape index (κ1) is 32.9. The minimum absolute atomic E-state index is 0.125. The van der Waals surface area contributed by atoms with Crippen molar-refractivity contribution in [3.05, 3.63) is 66.9 Å². The van der Waals surface area contributed by atoms with E-state index in [0.29, 0.717) is 31.0 Å². The molecule has 0 radical (unpaired) electrons. The second-order valence-electron chi connectivity index (χ2n) is 13.4. The maximum Gasteiger partial charge on any atom is 0.320 e. The Balaban J connectivity index is 1.18. The van der Waals surface area contributed by atoms with Crippen molar-refractivity contribution in [1.82, 2.24) is 24.8 Å². The number of allylic oxidation sites excluding steroid dienone is 1. The predicted octanol–water partition coefficient (Wildman–Crippen LogP) is 4.01. The number of sulfonamides is 1. The standard InChI is InChI=1S/C36H41N5O7S/c1-40-19-9-4-3-8-12-24-21-36(24,34(43)39-49(45,46)26-13-14-26)38-32(42)29-20-25(22-41(29)35(40)44)48-33-28-15-16-30(47-2)31(27(28)17-18-37-33)23-10-6-5-7-11-23/h5-8,10-12,15-18,24-26,29H,3-4,9,13-14,19-22H2,1-2H3,(H,38,42)(H,39,43)/t24-,25-,29+,36-/m1/s1. The number of hydrogen-bond donors (Lipinski definition) is 2. The highest BCUT2D eigenvalue weighted by Gasteiger charge is 2.62. The van der Waals surface area contributed by atoms with Crippen molar-refractivity contribution in [1.29, 1.82) is 0 Å². The van der Waals surface area contributed by atoms with E-state index in [1.54, 1.807) is 25.3 Å². The number of hydrogen-bond acceptors (Lipinski definition) is 8. The molecular formula is C36H41N5O7S. The third-order valence-corrected chi connectivity index (χ3v) is 11.8. The molecule has 0 unspecified atom stereocenters. The summed E-state index contributed by atoms with van der Waals surface area (Å²) in [4.78, 5) is 49.1. The third-order valence-electron chi connectivity index (χ3n) is 10.0. The molecule has 2 N–H and O–H groups in total. The van der Waals surface area contributed by atoms with Crippen molar-refractivity contribution in [3.63, 3.8) is 0 Å². The molecule has 12 nitrogen and oxygen atoms in total. The molecule has 3 fully saturated rings. The van der Waals surface area contributed by atoms with Gasteiger partial charge in [-0.3, -0.25) is 14.3 Å². The molecule has 2 aliphatic carbocycles. The van der Waals surface area contributed by atoms with E-state index in [-0.39, 0.29) is 31.3 Å². The van der Waals surface area contributed by atoms with Crippen LogP contribution in [0, 0.1) is 5.92 Å². The van der Waals surface area contributed by atoms with E-state index >= 15 is 0 Å². The summed E-state index contributed by atoms with van der Waals surface area (Å²) in [6.07, 6.45) is 8.72. The molecule has 1 saturated heterocycles. The average molecular weight is 688 g/mol. The first-order chi connectivity index (χ1) is 23.6. The zero-order valence-electron chi connectivity index (χ0n) is 27.6. The Morgan fingerprint density at radius 3 is 2.61 bits per heavy atom. The van der Waals surface area contributed by atoms with E-state index in [9.17, 15) is 22.8 Å². The molecule has 2 aromatic carbocycles. The molecule has 2 saturated carbocycles. The van der Waals surface area contributed by atoms with Crippen LogP contribution in [0.2, 0.25) is 0 Å². The van der Waals surface area contributed by atoms with Gasteiger partial charge in [-0.25, -0.2) is 18.2 Å². The number of aromatic nitrogens is 1. The molecule has 7 rings (SSSR count). The molecule has 3 heterocycles. The van der Waals surface area contributed by atoms with Gasteiger partial charge < -0.3 is 24.6 Å². The highest BCUT2D eigenvalue weighted by atomic mass is 32.2. The topological polar surface area (TPSA) is 147 Å². The van der Waals surface area contributed by atoms with Crippen molar-refractivity contribution in [2.75, 3.05) is 27.2 Å². The smallest absolute Gasteiger partial charge is 0.320 e. The number of carbonyl (C=O) groups excluding carboxylic acids is 3. The first-order valence-corrected chi connectivity index (χ1v) is 18.4. The lowest BCUT2D eigenvalue weighted by atomic mass is 9.98. The van der Waals surface area contributed by atoms with Gasteiger partial charge in [-0.2, -0.15) is 0 Å². The number of rotatable bonds is 7. The van der Waals surface area contributed by atoms with E-state index in [1.807, 2.05) is 60.7 Å². The van der Waals surface area contributed by atoms with Gasteiger partial charge in [-0.1, -0.05) is 42.5 Å². The second-order valence-corrected chi connectivity index (χ2v) is 15.4. The highest BCUT2D eigenvalue weighted by molar-refractivity contribution is 7.91. The fourth-order valence-electron chi connectivity index (χ4n) is 7.03. The highest BCUT2D eigenvalue weighted by Crippen LogP contribution is 2.46. The number of fused-ring (bicyclic) bond motifs is 3. The van der Waals surface area contributed by atoms with Crippen molar-refractivity contribution >= 4 is 38.6 Å². The molecule has 258 valence electrons. The van der Waals surface area contributed by atoms with Crippen LogP contribution < -0.4 is 19.5 Å². The van der Waals surface area contributed by atoms with Gasteiger partial charge in [-0.05, 0) is 62.3 Å². The van der Waals surface area contributed by atoms with Crippen molar-refractivity contribution in [2.45, 2.75) is 67.9 Å². The summed E-state index contributed by atoms with van der Waals surface area (Å²) in [6, 6.07) is 14.3. The lowest BCUT2D eigenvalue weighted by Gasteiger charge is -2.30. The molecule has 4 amide bonds. The largest absolute Gasteiger partial charge is 0.496 e. The van der Waals surface area contributed by atoms with E-state index in [2.05, 4.69) is 15.0 Å². The van der Waals surface area contributed by atoms with Crippen LogP contribution in [0.5, 0.6) is 11.6 Å². The van der Waals surface area contributed by atoms with Crippen molar-refractivity contribution in [2.24, 2.45) is 5.92 Å². The molecule has 2 aliphatic heterocycles. The second kappa shape index (κ2) is 13.0. The summed E-state index contributed by atoms with van der Waals surface area (Å²) in [5, 5.41) is 3.94. The summed E-state index contributed by atoms with van der Waals surface area (Å²) in [6.45, 7) is 0.645. The number of nitrogens with one attached hydrogen (secondary N) is 2. The lowest BCUT2D eigenvalue weighted by Crippen LogP contribution is -2.57. The number of nitrogens with zero attached hydrogens (tertiary/aromatic N) is 3. The summed E-state index contributed by atoms with van der Waals surface area (Å²) in [5.74, 6) is -0.552. The number of methoxy groups -OCH3 is 1. The SMILES string of the molecule is COc1ccc2c(O[C@@H]3C[C@H]4C(=O)N[C@]5(C(=O)NS(=O)(=O)C6CC6)C[C@H]5C=CCCCCN(C)C(=O)N4C3)nccc2c1-c1ccccc1. The average Bonchev–Trinajstić information content (AvgIpc) is 4.02. The van der Waals surface area contributed by atoms with Crippen LogP contribution >= 0.6 is 0 Å². The number of ether oxygens (including phenoxy) is 2. The monoisotopic (exact) mass is 687 g/mol. The first-order valence-electron chi connectivity index (χ1n) is 16.9. The van der Waals surface area contributed by atoms with Gasteiger partial charge in [0.25, 0.3) is 5.91 Å². The van der Waals surface area contributed by atoms with Crippen LogP contribution in [0.4, 0.5) is 4.79 Å². The molecule has 4 atom stereocenters. The van der Waals surface area contributed by atoms with Gasteiger partial charge in [0.15, 0.2) is 0 Å². The maximum atomic E-state index is 14.1. The zero-order chi connectivity index (χ0) is 34.3. The molecular weight excluding hydrogens is 646 g/mol. The molecule has 49 heavy (non-hydrogen) atoms. The fraction of sp³-hybridized carbons (Fsp3) is 0.444.